The maximum atomic E-state index is 12.0. The van der Waals surface area contributed by atoms with E-state index >= 15 is 0 Å². The largest absolute Gasteiger partial charge is 0.439 e. The van der Waals surface area contributed by atoms with E-state index < -0.39 is 6.09 Å². The third-order valence-corrected chi connectivity index (χ3v) is 4.69. The summed E-state index contributed by atoms with van der Waals surface area (Å²) in [6.45, 7) is 0.632. The van der Waals surface area contributed by atoms with Gasteiger partial charge in [0.25, 0.3) is 5.91 Å². The highest BCUT2D eigenvalue weighted by molar-refractivity contribution is 7.99. The standard InChI is InChI=1S/C15H16N2O4S/c18-13-8-21-15(20)17(13)12-6-16(7-12)14(19)10-22-9-11-4-2-1-3-5-11/h1-5,12H,6-10H2. The molecule has 0 unspecified atom stereocenters. The van der Waals surface area contributed by atoms with Crippen molar-refractivity contribution in [1.82, 2.24) is 9.80 Å². The number of amides is 3. The zero-order valence-electron chi connectivity index (χ0n) is 11.9. The molecule has 0 aromatic heterocycles. The van der Waals surface area contributed by atoms with Crippen molar-refractivity contribution in [1.29, 1.82) is 0 Å². The molecule has 0 aliphatic carbocycles. The summed E-state index contributed by atoms with van der Waals surface area (Å²) in [5, 5.41) is 0. The van der Waals surface area contributed by atoms with Crippen LogP contribution in [0, 0.1) is 0 Å². The first-order valence-corrected chi connectivity index (χ1v) is 8.19. The lowest BCUT2D eigenvalue weighted by Crippen LogP contribution is -2.62. The van der Waals surface area contributed by atoms with E-state index in [1.165, 1.54) is 5.56 Å². The van der Waals surface area contributed by atoms with E-state index in [-0.39, 0.29) is 24.5 Å². The van der Waals surface area contributed by atoms with Gasteiger partial charge in [0.05, 0.1) is 11.8 Å². The number of hydrogen-bond acceptors (Lipinski definition) is 5. The van der Waals surface area contributed by atoms with Gasteiger partial charge in [-0.25, -0.2) is 9.69 Å². The molecular formula is C15H16N2O4S. The highest BCUT2D eigenvalue weighted by Crippen LogP contribution is 2.21. The molecule has 3 rings (SSSR count). The molecule has 0 saturated carbocycles. The van der Waals surface area contributed by atoms with E-state index in [0.29, 0.717) is 18.8 Å². The normalized spacial score (nSPS) is 18.4. The number of carbonyl (C=O) groups is 3. The zero-order chi connectivity index (χ0) is 15.5. The molecule has 0 N–H and O–H groups in total. The summed E-state index contributed by atoms with van der Waals surface area (Å²) < 4.78 is 4.67. The lowest BCUT2D eigenvalue weighted by molar-refractivity contribution is -0.139. The van der Waals surface area contributed by atoms with E-state index in [1.807, 2.05) is 30.3 Å². The van der Waals surface area contributed by atoms with Crippen molar-refractivity contribution in [3.8, 4) is 0 Å². The molecule has 2 aliphatic heterocycles. The fraction of sp³-hybridized carbons (Fsp3) is 0.400. The summed E-state index contributed by atoms with van der Waals surface area (Å²) in [4.78, 5) is 37.7. The van der Waals surface area contributed by atoms with Crippen LogP contribution < -0.4 is 0 Å². The summed E-state index contributed by atoms with van der Waals surface area (Å²) in [6, 6.07) is 9.74. The topological polar surface area (TPSA) is 66.9 Å². The Hall–Kier alpha value is -2.02. The van der Waals surface area contributed by atoms with Gasteiger partial charge in [0.15, 0.2) is 6.61 Å². The average molecular weight is 320 g/mol. The van der Waals surface area contributed by atoms with Crippen LogP contribution >= 0.6 is 11.8 Å². The van der Waals surface area contributed by atoms with Gasteiger partial charge in [-0.15, -0.1) is 11.8 Å². The first-order valence-electron chi connectivity index (χ1n) is 7.03. The third kappa shape index (κ3) is 3.09. The van der Waals surface area contributed by atoms with Gasteiger partial charge < -0.3 is 9.64 Å². The number of rotatable bonds is 5. The molecule has 6 nitrogen and oxygen atoms in total. The zero-order valence-corrected chi connectivity index (χ0v) is 12.8. The number of ether oxygens (including phenoxy) is 1. The number of thioether (sulfide) groups is 1. The Morgan fingerprint density at radius 2 is 1.95 bits per heavy atom. The Bertz CT molecular complexity index is 570. The van der Waals surface area contributed by atoms with E-state index in [2.05, 4.69) is 4.74 Å². The van der Waals surface area contributed by atoms with Crippen molar-refractivity contribution in [3.63, 3.8) is 0 Å². The second-order valence-electron chi connectivity index (χ2n) is 5.25. The molecule has 1 aromatic carbocycles. The summed E-state index contributed by atoms with van der Waals surface area (Å²) in [7, 11) is 0. The summed E-state index contributed by atoms with van der Waals surface area (Å²) in [5.41, 5.74) is 1.19. The van der Waals surface area contributed by atoms with Gasteiger partial charge in [0, 0.05) is 18.8 Å². The molecule has 2 saturated heterocycles. The van der Waals surface area contributed by atoms with Crippen molar-refractivity contribution < 1.29 is 19.1 Å². The molecule has 3 amide bonds. The number of carbonyl (C=O) groups excluding carboxylic acids is 3. The second-order valence-corrected chi connectivity index (χ2v) is 6.23. The maximum absolute atomic E-state index is 12.0. The molecule has 0 atom stereocenters. The van der Waals surface area contributed by atoms with Crippen molar-refractivity contribution >= 4 is 29.7 Å². The Morgan fingerprint density at radius 1 is 1.23 bits per heavy atom. The fourth-order valence-electron chi connectivity index (χ4n) is 2.46. The number of nitrogens with zero attached hydrogens (tertiary/aromatic N) is 2. The minimum absolute atomic E-state index is 0.0391. The molecule has 1 aromatic rings. The van der Waals surface area contributed by atoms with Crippen LogP contribution in [0.1, 0.15) is 5.56 Å². The molecule has 0 spiro atoms. The van der Waals surface area contributed by atoms with E-state index in [9.17, 15) is 14.4 Å². The molecule has 116 valence electrons. The molecule has 2 heterocycles. The first kappa shape index (κ1) is 14.9. The van der Waals surface area contributed by atoms with Crippen LogP contribution in [0.2, 0.25) is 0 Å². The van der Waals surface area contributed by atoms with Crippen LogP contribution in [-0.2, 0) is 20.1 Å². The van der Waals surface area contributed by atoms with E-state index in [0.717, 1.165) is 10.7 Å². The number of cyclic esters (lactones) is 1. The van der Waals surface area contributed by atoms with E-state index in [4.69, 9.17) is 0 Å². The van der Waals surface area contributed by atoms with Crippen LogP contribution in [-0.4, -0.2) is 59.2 Å². The summed E-state index contributed by atoms with van der Waals surface area (Å²) in [5.74, 6) is 0.915. The van der Waals surface area contributed by atoms with Crippen molar-refractivity contribution in [3.05, 3.63) is 35.9 Å². The van der Waals surface area contributed by atoms with Gasteiger partial charge in [-0.1, -0.05) is 30.3 Å². The van der Waals surface area contributed by atoms with Crippen LogP contribution in [0.4, 0.5) is 4.79 Å². The van der Waals surface area contributed by atoms with Gasteiger partial charge in [-0.2, -0.15) is 0 Å². The van der Waals surface area contributed by atoms with Gasteiger partial charge in [-0.3, -0.25) is 9.59 Å². The molecule has 22 heavy (non-hydrogen) atoms. The lowest BCUT2D eigenvalue weighted by Gasteiger charge is -2.41. The smallest absolute Gasteiger partial charge is 0.417 e. The van der Waals surface area contributed by atoms with Crippen LogP contribution in [0.15, 0.2) is 30.3 Å². The molecule has 0 radical (unpaired) electrons. The van der Waals surface area contributed by atoms with Crippen LogP contribution in [0.3, 0.4) is 0 Å². The summed E-state index contributed by atoms with van der Waals surface area (Å²) >= 11 is 1.56. The van der Waals surface area contributed by atoms with Gasteiger partial charge in [0.2, 0.25) is 5.91 Å². The minimum atomic E-state index is -0.597. The highest BCUT2D eigenvalue weighted by Gasteiger charge is 2.44. The predicted molar refractivity (Wildman–Crippen MR) is 81.2 cm³/mol. The Labute approximate surface area is 132 Å². The maximum Gasteiger partial charge on any atom is 0.417 e. The van der Waals surface area contributed by atoms with Gasteiger partial charge >= 0.3 is 6.09 Å². The third-order valence-electron chi connectivity index (χ3n) is 3.70. The van der Waals surface area contributed by atoms with Crippen molar-refractivity contribution in [2.45, 2.75) is 11.8 Å². The van der Waals surface area contributed by atoms with E-state index in [1.54, 1.807) is 16.7 Å². The number of hydrogen-bond donors (Lipinski definition) is 0. The Kier molecular flexibility index (Phi) is 4.33. The second kappa shape index (κ2) is 6.39. The monoisotopic (exact) mass is 320 g/mol. The molecule has 7 heteroatoms. The van der Waals surface area contributed by atoms with Gasteiger partial charge in [0.1, 0.15) is 0 Å². The van der Waals surface area contributed by atoms with Crippen LogP contribution in [0.5, 0.6) is 0 Å². The number of imide groups is 1. The molecule has 2 aliphatic rings. The average Bonchev–Trinajstić information content (AvgIpc) is 2.79. The quantitative estimate of drug-likeness (QED) is 0.813. The molecule has 2 fully saturated rings. The molecule has 0 bridgehead atoms. The fourth-order valence-corrected chi connectivity index (χ4v) is 3.35. The number of benzene rings is 1. The minimum Gasteiger partial charge on any atom is -0.439 e. The first-order chi connectivity index (χ1) is 10.6. The predicted octanol–water partition coefficient (Wildman–Crippen LogP) is 1.11. The lowest BCUT2D eigenvalue weighted by atomic mass is 10.1. The van der Waals surface area contributed by atoms with Crippen molar-refractivity contribution in [2.24, 2.45) is 0 Å². The van der Waals surface area contributed by atoms with Crippen LogP contribution in [0.25, 0.3) is 0 Å². The SMILES string of the molecule is O=C(CSCc1ccccc1)N1CC(N2C(=O)COC2=O)C1. The number of likely N-dealkylation sites (tertiary alicyclic amines) is 1. The molecular weight excluding hydrogens is 304 g/mol. The van der Waals surface area contributed by atoms with Crippen molar-refractivity contribution in [2.75, 3.05) is 25.4 Å². The van der Waals surface area contributed by atoms with Gasteiger partial charge in [-0.05, 0) is 5.56 Å². The summed E-state index contributed by atoms with van der Waals surface area (Å²) in [6.07, 6.45) is -0.597. The Balaban J connectivity index is 1.40. The Morgan fingerprint density at radius 3 is 2.59 bits per heavy atom. The highest BCUT2D eigenvalue weighted by atomic mass is 32.2.